The highest BCUT2D eigenvalue weighted by Crippen LogP contribution is 2.14. The van der Waals surface area contributed by atoms with Crippen LogP contribution in [0.2, 0.25) is 0 Å². The van der Waals surface area contributed by atoms with Gasteiger partial charge in [0.2, 0.25) is 10.0 Å². The molecule has 0 saturated carbocycles. The third-order valence-electron chi connectivity index (χ3n) is 2.98. The van der Waals surface area contributed by atoms with E-state index in [0.717, 1.165) is 25.1 Å². The van der Waals surface area contributed by atoms with Gasteiger partial charge < -0.3 is 5.32 Å². The first-order valence-electron chi connectivity index (χ1n) is 6.46. The van der Waals surface area contributed by atoms with Crippen molar-refractivity contribution < 1.29 is 8.42 Å². The summed E-state index contributed by atoms with van der Waals surface area (Å²) in [7, 11) is -3.64. The second-order valence-corrected chi connectivity index (χ2v) is 6.15. The summed E-state index contributed by atoms with van der Waals surface area (Å²) >= 11 is 0. The van der Waals surface area contributed by atoms with Gasteiger partial charge in [-0.15, -0.1) is 0 Å². The molecule has 0 aliphatic heterocycles. The van der Waals surface area contributed by atoms with E-state index in [9.17, 15) is 8.42 Å². The highest BCUT2D eigenvalue weighted by Gasteiger charge is 2.07. The Labute approximate surface area is 119 Å². The fourth-order valence-corrected chi connectivity index (χ4v) is 2.51. The molecule has 0 saturated heterocycles. The van der Waals surface area contributed by atoms with Crippen LogP contribution >= 0.6 is 0 Å². The lowest BCUT2D eigenvalue weighted by atomic mass is 10.1. The van der Waals surface area contributed by atoms with Gasteiger partial charge in [-0.05, 0) is 36.6 Å². The first kappa shape index (κ1) is 14.6. The van der Waals surface area contributed by atoms with Crippen LogP contribution in [0.15, 0.2) is 59.5 Å². The van der Waals surface area contributed by atoms with E-state index in [1.165, 1.54) is 11.6 Å². The third-order valence-corrected chi connectivity index (χ3v) is 3.89. The number of hydrogen-bond acceptors (Lipinski definition) is 3. The van der Waals surface area contributed by atoms with Gasteiger partial charge in [-0.2, -0.15) is 0 Å². The van der Waals surface area contributed by atoms with Crippen molar-refractivity contribution in [2.45, 2.75) is 17.7 Å². The number of aryl methyl sites for hydroxylation is 1. The number of sulfonamides is 1. The first-order valence-corrected chi connectivity index (χ1v) is 8.01. The Morgan fingerprint density at radius 3 is 2.45 bits per heavy atom. The average molecular weight is 290 g/mol. The van der Waals surface area contributed by atoms with Crippen molar-refractivity contribution in [2.75, 3.05) is 11.9 Å². The lowest BCUT2D eigenvalue weighted by molar-refractivity contribution is 0.598. The number of rotatable bonds is 6. The van der Waals surface area contributed by atoms with Crippen LogP contribution in [0.25, 0.3) is 0 Å². The average Bonchev–Trinajstić information content (AvgIpc) is 2.44. The Bertz CT molecular complexity index is 655. The molecule has 0 bridgehead atoms. The summed E-state index contributed by atoms with van der Waals surface area (Å²) in [6.45, 7) is 0.781. The number of benzene rings is 2. The molecule has 2 aromatic rings. The predicted octanol–water partition coefficient (Wildman–Crippen LogP) is 2.38. The van der Waals surface area contributed by atoms with E-state index in [0.29, 0.717) is 0 Å². The Balaban J connectivity index is 1.86. The van der Waals surface area contributed by atoms with Gasteiger partial charge in [-0.1, -0.05) is 36.4 Å². The number of nitrogens with two attached hydrogens (primary N) is 1. The standard InChI is InChI=1S/C15H18N2O2S/c16-20(18,19)15-10-4-9-14(12-15)17-11-5-8-13-6-2-1-3-7-13/h1-4,6-7,9-10,12,17H,5,8,11H2,(H2,16,18,19). The molecule has 0 aliphatic rings. The zero-order valence-electron chi connectivity index (χ0n) is 11.1. The van der Waals surface area contributed by atoms with Gasteiger partial charge in [0.25, 0.3) is 0 Å². The molecule has 2 rings (SSSR count). The van der Waals surface area contributed by atoms with Crippen molar-refractivity contribution in [3.63, 3.8) is 0 Å². The molecule has 5 heteroatoms. The van der Waals surface area contributed by atoms with E-state index >= 15 is 0 Å². The predicted molar refractivity (Wildman–Crippen MR) is 81.1 cm³/mol. The van der Waals surface area contributed by atoms with Gasteiger partial charge in [0, 0.05) is 12.2 Å². The Morgan fingerprint density at radius 2 is 1.75 bits per heavy atom. The highest BCUT2D eigenvalue weighted by molar-refractivity contribution is 7.89. The van der Waals surface area contributed by atoms with Crippen LogP contribution in [0.4, 0.5) is 5.69 Å². The minimum absolute atomic E-state index is 0.130. The highest BCUT2D eigenvalue weighted by atomic mass is 32.2. The largest absolute Gasteiger partial charge is 0.385 e. The smallest absolute Gasteiger partial charge is 0.238 e. The molecule has 0 atom stereocenters. The van der Waals surface area contributed by atoms with Crippen molar-refractivity contribution in [3.8, 4) is 0 Å². The Hall–Kier alpha value is -1.85. The molecule has 0 amide bonds. The van der Waals surface area contributed by atoms with Crippen LogP contribution in [0.1, 0.15) is 12.0 Å². The molecule has 0 unspecified atom stereocenters. The number of nitrogens with one attached hydrogen (secondary N) is 1. The maximum atomic E-state index is 11.3. The maximum absolute atomic E-state index is 11.3. The van der Waals surface area contributed by atoms with Crippen LogP contribution in [-0.2, 0) is 16.4 Å². The minimum Gasteiger partial charge on any atom is -0.385 e. The number of anilines is 1. The van der Waals surface area contributed by atoms with Crippen molar-refractivity contribution in [2.24, 2.45) is 5.14 Å². The van der Waals surface area contributed by atoms with Crippen molar-refractivity contribution >= 4 is 15.7 Å². The zero-order valence-corrected chi connectivity index (χ0v) is 11.9. The summed E-state index contributed by atoms with van der Waals surface area (Å²) in [6, 6.07) is 16.8. The van der Waals surface area contributed by atoms with Crippen LogP contribution in [-0.4, -0.2) is 15.0 Å². The van der Waals surface area contributed by atoms with Gasteiger partial charge in [0.15, 0.2) is 0 Å². The summed E-state index contributed by atoms with van der Waals surface area (Å²) < 4.78 is 22.5. The van der Waals surface area contributed by atoms with Crippen LogP contribution < -0.4 is 10.5 Å². The van der Waals surface area contributed by atoms with Crippen LogP contribution in [0, 0.1) is 0 Å². The molecule has 0 heterocycles. The normalized spacial score (nSPS) is 11.2. The van der Waals surface area contributed by atoms with Gasteiger partial charge in [-0.3, -0.25) is 0 Å². The van der Waals surface area contributed by atoms with Crippen molar-refractivity contribution in [1.29, 1.82) is 0 Å². The van der Waals surface area contributed by atoms with E-state index in [1.54, 1.807) is 12.1 Å². The van der Waals surface area contributed by atoms with Crippen molar-refractivity contribution in [1.82, 2.24) is 0 Å². The number of primary sulfonamides is 1. The van der Waals surface area contributed by atoms with Gasteiger partial charge >= 0.3 is 0 Å². The molecule has 4 nitrogen and oxygen atoms in total. The topological polar surface area (TPSA) is 72.2 Å². The fraction of sp³-hybridized carbons (Fsp3) is 0.200. The molecule has 2 aromatic carbocycles. The molecule has 0 radical (unpaired) electrons. The van der Waals surface area contributed by atoms with E-state index < -0.39 is 10.0 Å². The summed E-state index contributed by atoms with van der Waals surface area (Å²) in [4.78, 5) is 0.130. The summed E-state index contributed by atoms with van der Waals surface area (Å²) in [5.41, 5.74) is 2.07. The molecule has 20 heavy (non-hydrogen) atoms. The molecule has 0 aliphatic carbocycles. The van der Waals surface area contributed by atoms with Gasteiger partial charge in [-0.25, -0.2) is 13.6 Å². The lowest BCUT2D eigenvalue weighted by Gasteiger charge is -2.07. The zero-order chi connectivity index (χ0) is 14.4. The monoisotopic (exact) mass is 290 g/mol. The van der Waals surface area contributed by atoms with Crippen LogP contribution in [0.5, 0.6) is 0 Å². The van der Waals surface area contributed by atoms with Crippen LogP contribution in [0.3, 0.4) is 0 Å². The van der Waals surface area contributed by atoms with E-state index in [1.807, 2.05) is 24.3 Å². The van der Waals surface area contributed by atoms with Gasteiger partial charge in [0.05, 0.1) is 4.90 Å². The maximum Gasteiger partial charge on any atom is 0.238 e. The Kier molecular flexibility index (Phi) is 4.76. The molecular formula is C15H18N2O2S. The quantitative estimate of drug-likeness (QED) is 0.802. The second kappa shape index (κ2) is 6.54. The molecular weight excluding hydrogens is 272 g/mol. The summed E-state index contributed by atoms with van der Waals surface area (Å²) in [6.07, 6.45) is 1.96. The molecule has 0 aromatic heterocycles. The molecule has 106 valence electrons. The minimum atomic E-state index is -3.64. The van der Waals surface area contributed by atoms with E-state index in [-0.39, 0.29) is 4.90 Å². The lowest BCUT2D eigenvalue weighted by Crippen LogP contribution is -2.12. The molecule has 3 N–H and O–H groups in total. The van der Waals surface area contributed by atoms with E-state index in [2.05, 4.69) is 17.4 Å². The Morgan fingerprint density at radius 1 is 1.00 bits per heavy atom. The molecule has 0 spiro atoms. The van der Waals surface area contributed by atoms with Gasteiger partial charge in [0.1, 0.15) is 0 Å². The summed E-state index contributed by atoms with van der Waals surface area (Å²) in [5, 5.41) is 8.31. The summed E-state index contributed by atoms with van der Waals surface area (Å²) in [5.74, 6) is 0. The second-order valence-electron chi connectivity index (χ2n) is 4.59. The first-order chi connectivity index (χ1) is 9.55. The van der Waals surface area contributed by atoms with Crippen molar-refractivity contribution in [3.05, 3.63) is 60.2 Å². The van der Waals surface area contributed by atoms with E-state index in [4.69, 9.17) is 5.14 Å². The SMILES string of the molecule is NS(=O)(=O)c1cccc(NCCCc2ccccc2)c1. The number of hydrogen-bond donors (Lipinski definition) is 2. The molecule has 0 fully saturated rings. The third kappa shape index (κ3) is 4.36. The fourth-order valence-electron chi connectivity index (χ4n) is 1.95.